The molecule has 1 aliphatic rings. The highest BCUT2D eigenvalue weighted by Crippen LogP contribution is 2.27. The molecular formula is C15H21N3O. The van der Waals surface area contributed by atoms with E-state index in [1.807, 2.05) is 28.8 Å². The Balaban J connectivity index is 1.99. The van der Waals surface area contributed by atoms with Crippen LogP contribution in [0, 0.1) is 5.92 Å². The molecular weight excluding hydrogens is 238 g/mol. The van der Waals surface area contributed by atoms with Crippen molar-refractivity contribution in [2.45, 2.75) is 32.8 Å². The van der Waals surface area contributed by atoms with Crippen molar-refractivity contribution < 1.29 is 5.11 Å². The minimum Gasteiger partial charge on any atom is -0.390 e. The molecule has 4 nitrogen and oxygen atoms in total. The standard InChI is InChI=1S/C15H21N3O/c1-2-12-6-5-8-17(10-12)15-13(11-19)18-9-4-3-7-14(18)16-15/h3-4,7,9,12,19H,2,5-6,8,10-11H2,1H3. The van der Waals surface area contributed by atoms with Crippen molar-refractivity contribution in [3.63, 3.8) is 0 Å². The lowest BCUT2D eigenvalue weighted by atomic mass is 9.95. The van der Waals surface area contributed by atoms with E-state index in [2.05, 4.69) is 11.8 Å². The molecule has 1 N–H and O–H groups in total. The van der Waals surface area contributed by atoms with Crippen LogP contribution in [-0.4, -0.2) is 27.6 Å². The van der Waals surface area contributed by atoms with Gasteiger partial charge in [0, 0.05) is 19.3 Å². The molecule has 0 aromatic carbocycles. The Hall–Kier alpha value is -1.55. The molecule has 0 amide bonds. The number of anilines is 1. The van der Waals surface area contributed by atoms with Crippen molar-refractivity contribution in [1.29, 1.82) is 0 Å². The molecule has 3 heterocycles. The fourth-order valence-corrected chi connectivity index (χ4v) is 3.02. The average Bonchev–Trinajstić information content (AvgIpc) is 2.86. The number of aromatic nitrogens is 2. The molecule has 0 bridgehead atoms. The predicted molar refractivity (Wildman–Crippen MR) is 76.3 cm³/mol. The van der Waals surface area contributed by atoms with Crippen molar-refractivity contribution in [3.8, 4) is 0 Å². The van der Waals surface area contributed by atoms with E-state index in [-0.39, 0.29) is 6.61 Å². The molecule has 0 spiro atoms. The van der Waals surface area contributed by atoms with Crippen molar-refractivity contribution in [1.82, 2.24) is 9.38 Å². The van der Waals surface area contributed by atoms with Gasteiger partial charge in [0.05, 0.1) is 12.3 Å². The van der Waals surface area contributed by atoms with Gasteiger partial charge >= 0.3 is 0 Å². The average molecular weight is 259 g/mol. The van der Waals surface area contributed by atoms with Crippen molar-refractivity contribution in [2.24, 2.45) is 5.92 Å². The summed E-state index contributed by atoms with van der Waals surface area (Å²) >= 11 is 0. The monoisotopic (exact) mass is 259 g/mol. The minimum atomic E-state index is 0.0355. The summed E-state index contributed by atoms with van der Waals surface area (Å²) in [5.74, 6) is 1.72. The number of rotatable bonds is 3. The summed E-state index contributed by atoms with van der Waals surface area (Å²) in [5.41, 5.74) is 1.83. The molecule has 0 radical (unpaired) electrons. The van der Waals surface area contributed by atoms with E-state index < -0.39 is 0 Å². The van der Waals surface area contributed by atoms with Crippen molar-refractivity contribution >= 4 is 11.5 Å². The summed E-state index contributed by atoms with van der Waals surface area (Å²) < 4.78 is 1.99. The van der Waals surface area contributed by atoms with Gasteiger partial charge in [0.1, 0.15) is 5.65 Å². The second kappa shape index (κ2) is 5.21. The largest absolute Gasteiger partial charge is 0.390 e. The smallest absolute Gasteiger partial charge is 0.153 e. The maximum absolute atomic E-state index is 9.67. The summed E-state index contributed by atoms with van der Waals surface area (Å²) in [7, 11) is 0. The normalized spacial score (nSPS) is 20.1. The summed E-state index contributed by atoms with van der Waals surface area (Å²) in [6.45, 7) is 4.40. The van der Waals surface area contributed by atoms with Gasteiger partial charge in [0.15, 0.2) is 5.82 Å². The van der Waals surface area contributed by atoms with Crippen LogP contribution in [0.15, 0.2) is 24.4 Å². The van der Waals surface area contributed by atoms with Gasteiger partial charge in [-0.25, -0.2) is 4.98 Å². The predicted octanol–water partition coefficient (Wildman–Crippen LogP) is 2.45. The summed E-state index contributed by atoms with van der Waals surface area (Å²) in [6, 6.07) is 5.95. The highest BCUT2D eigenvalue weighted by atomic mass is 16.3. The molecule has 1 saturated heterocycles. The SMILES string of the molecule is CCC1CCCN(c2nc3ccccn3c2CO)C1. The lowest BCUT2D eigenvalue weighted by Gasteiger charge is -2.33. The zero-order valence-electron chi connectivity index (χ0n) is 11.4. The minimum absolute atomic E-state index is 0.0355. The molecule has 19 heavy (non-hydrogen) atoms. The van der Waals surface area contributed by atoms with E-state index >= 15 is 0 Å². The van der Waals surface area contributed by atoms with Crippen molar-refractivity contribution in [2.75, 3.05) is 18.0 Å². The second-order valence-corrected chi connectivity index (χ2v) is 5.33. The van der Waals surface area contributed by atoms with Gasteiger partial charge < -0.3 is 10.0 Å². The Bertz CT molecular complexity index is 564. The molecule has 1 fully saturated rings. The van der Waals surface area contributed by atoms with E-state index in [1.165, 1.54) is 19.3 Å². The number of hydrogen-bond donors (Lipinski definition) is 1. The summed E-state index contributed by atoms with van der Waals surface area (Å²) in [5, 5.41) is 9.67. The van der Waals surface area contributed by atoms with E-state index in [0.29, 0.717) is 0 Å². The number of pyridine rings is 1. The first-order valence-electron chi connectivity index (χ1n) is 7.15. The van der Waals surface area contributed by atoms with Gasteiger partial charge in [-0.1, -0.05) is 19.4 Å². The lowest BCUT2D eigenvalue weighted by molar-refractivity contribution is 0.275. The third kappa shape index (κ3) is 2.21. The summed E-state index contributed by atoms with van der Waals surface area (Å²) in [6.07, 6.45) is 5.73. The van der Waals surface area contributed by atoms with Crippen LogP contribution in [0.3, 0.4) is 0 Å². The topological polar surface area (TPSA) is 40.8 Å². The molecule has 0 aliphatic carbocycles. The number of imidazole rings is 1. The number of nitrogens with zero attached hydrogens (tertiary/aromatic N) is 3. The van der Waals surface area contributed by atoms with Crippen LogP contribution >= 0.6 is 0 Å². The highest BCUT2D eigenvalue weighted by molar-refractivity contribution is 5.56. The Morgan fingerprint density at radius 3 is 3.11 bits per heavy atom. The maximum Gasteiger partial charge on any atom is 0.153 e. The third-order valence-electron chi connectivity index (χ3n) is 4.15. The number of fused-ring (bicyclic) bond motifs is 1. The van der Waals surface area contributed by atoms with Gasteiger partial charge in [-0.15, -0.1) is 0 Å². The quantitative estimate of drug-likeness (QED) is 0.920. The molecule has 3 rings (SSSR count). The van der Waals surface area contributed by atoms with Gasteiger partial charge in [0.2, 0.25) is 0 Å². The van der Waals surface area contributed by atoms with E-state index in [9.17, 15) is 5.11 Å². The van der Waals surface area contributed by atoms with Crippen LogP contribution in [-0.2, 0) is 6.61 Å². The zero-order valence-corrected chi connectivity index (χ0v) is 11.4. The van der Waals surface area contributed by atoms with Gasteiger partial charge in [-0.05, 0) is 30.9 Å². The Kier molecular flexibility index (Phi) is 3.42. The molecule has 1 unspecified atom stereocenters. The van der Waals surface area contributed by atoms with Crippen LogP contribution in [0.25, 0.3) is 5.65 Å². The van der Waals surface area contributed by atoms with Crippen LogP contribution in [0.5, 0.6) is 0 Å². The Labute approximate surface area is 113 Å². The molecule has 1 atom stereocenters. The van der Waals surface area contributed by atoms with E-state index in [1.54, 1.807) is 0 Å². The zero-order chi connectivity index (χ0) is 13.2. The number of hydrogen-bond acceptors (Lipinski definition) is 3. The highest BCUT2D eigenvalue weighted by Gasteiger charge is 2.23. The van der Waals surface area contributed by atoms with Crippen LogP contribution in [0.1, 0.15) is 31.9 Å². The second-order valence-electron chi connectivity index (χ2n) is 5.33. The number of piperidine rings is 1. The van der Waals surface area contributed by atoms with Crippen LogP contribution in [0.2, 0.25) is 0 Å². The molecule has 0 saturated carbocycles. The van der Waals surface area contributed by atoms with Crippen LogP contribution < -0.4 is 4.90 Å². The first-order valence-corrected chi connectivity index (χ1v) is 7.15. The van der Waals surface area contributed by atoms with Crippen LogP contribution in [0.4, 0.5) is 5.82 Å². The molecule has 1 aliphatic heterocycles. The molecule has 102 valence electrons. The van der Waals surface area contributed by atoms with E-state index in [0.717, 1.165) is 36.2 Å². The Morgan fingerprint density at radius 1 is 1.42 bits per heavy atom. The molecule has 4 heteroatoms. The number of aliphatic hydroxyl groups excluding tert-OH is 1. The van der Waals surface area contributed by atoms with Gasteiger partial charge in [-0.3, -0.25) is 4.40 Å². The number of aliphatic hydroxyl groups is 1. The van der Waals surface area contributed by atoms with Gasteiger partial charge in [0.25, 0.3) is 0 Å². The van der Waals surface area contributed by atoms with Gasteiger partial charge in [-0.2, -0.15) is 0 Å². The lowest BCUT2D eigenvalue weighted by Crippen LogP contribution is -2.36. The first-order chi connectivity index (χ1) is 9.33. The van der Waals surface area contributed by atoms with E-state index in [4.69, 9.17) is 4.98 Å². The van der Waals surface area contributed by atoms with Crippen molar-refractivity contribution in [3.05, 3.63) is 30.1 Å². The maximum atomic E-state index is 9.67. The molecule has 2 aromatic heterocycles. The Morgan fingerprint density at radius 2 is 2.32 bits per heavy atom. The fraction of sp³-hybridized carbons (Fsp3) is 0.533. The summed E-state index contributed by atoms with van der Waals surface area (Å²) in [4.78, 5) is 7.05. The molecule has 2 aromatic rings. The fourth-order valence-electron chi connectivity index (χ4n) is 3.02. The third-order valence-corrected chi connectivity index (χ3v) is 4.15. The first kappa shape index (κ1) is 12.5.